The standard InChI is InChI=1S/C17H26N2O2/c1-2-11-20-15-3-4-16-14(12-15)5-6-17(21-16)7-9-19(13-17)10-8-18/h3-4,12H,2,5-11,13,18H2,1H3. The molecule has 4 nitrogen and oxygen atoms in total. The Kier molecular flexibility index (Phi) is 4.36. The Labute approximate surface area is 127 Å². The predicted molar refractivity (Wildman–Crippen MR) is 84.0 cm³/mol. The molecule has 4 heteroatoms. The quantitative estimate of drug-likeness (QED) is 0.903. The number of ether oxygens (including phenoxy) is 2. The maximum atomic E-state index is 6.38. The van der Waals surface area contributed by atoms with Crippen LogP contribution in [0.1, 0.15) is 31.7 Å². The Morgan fingerprint density at radius 2 is 2.29 bits per heavy atom. The van der Waals surface area contributed by atoms with Gasteiger partial charge in [0.2, 0.25) is 0 Å². The first kappa shape index (κ1) is 14.7. The van der Waals surface area contributed by atoms with Crippen molar-refractivity contribution in [3.8, 4) is 11.5 Å². The number of fused-ring (bicyclic) bond motifs is 1. The van der Waals surface area contributed by atoms with Crippen LogP contribution in [0, 0.1) is 0 Å². The van der Waals surface area contributed by atoms with Crippen LogP contribution >= 0.6 is 0 Å². The molecule has 0 aromatic heterocycles. The summed E-state index contributed by atoms with van der Waals surface area (Å²) in [6.45, 7) is 6.71. The van der Waals surface area contributed by atoms with Gasteiger partial charge in [0.25, 0.3) is 0 Å². The van der Waals surface area contributed by atoms with E-state index in [-0.39, 0.29) is 5.60 Å². The van der Waals surface area contributed by atoms with Crippen LogP contribution in [-0.2, 0) is 6.42 Å². The van der Waals surface area contributed by atoms with Crippen LogP contribution in [0.25, 0.3) is 0 Å². The molecule has 2 heterocycles. The van der Waals surface area contributed by atoms with E-state index in [1.165, 1.54) is 5.56 Å². The number of nitrogens with zero attached hydrogens (tertiary/aromatic N) is 1. The van der Waals surface area contributed by atoms with Gasteiger partial charge in [0, 0.05) is 32.6 Å². The molecule has 2 aliphatic heterocycles. The molecule has 1 aromatic carbocycles. The molecule has 1 fully saturated rings. The van der Waals surface area contributed by atoms with Gasteiger partial charge in [0.05, 0.1) is 6.61 Å². The summed E-state index contributed by atoms with van der Waals surface area (Å²) < 4.78 is 12.1. The first-order valence-corrected chi connectivity index (χ1v) is 8.12. The summed E-state index contributed by atoms with van der Waals surface area (Å²) in [6.07, 6.45) is 4.32. The molecule has 1 spiro atoms. The Balaban J connectivity index is 1.69. The van der Waals surface area contributed by atoms with Crippen LogP contribution in [0.15, 0.2) is 18.2 Å². The Bertz CT molecular complexity index is 492. The third kappa shape index (κ3) is 3.16. The normalized spacial score (nSPS) is 24.9. The molecule has 0 radical (unpaired) electrons. The second kappa shape index (κ2) is 6.24. The highest BCUT2D eigenvalue weighted by molar-refractivity contribution is 5.42. The molecule has 0 aliphatic carbocycles. The third-order valence-electron chi connectivity index (χ3n) is 4.52. The summed E-state index contributed by atoms with van der Waals surface area (Å²) in [5.41, 5.74) is 6.95. The molecule has 0 bridgehead atoms. The minimum atomic E-state index is 0.00790. The maximum Gasteiger partial charge on any atom is 0.123 e. The van der Waals surface area contributed by atoms with Crippen molar-refractivity contribution in [1.82, 2.24) is 4.90 Å². The molecule has 1 unspecified atom stereocenters. The van der Waals surface area contributed by atoms with Gasteiger partial charge in [-0.3, -0.25) is 4.90 Å². The number of benzene rings is 1. The number of hydrogen-bond acceptors (Lipinski definition) is 4. The molecule has 0 saturated carbocycles. The highest BCUT2D eigenvalue weighted by atomic mass is 16.5. The molecule has 0 amide bonds. The SMILES string of the molecule is CCCOc1ccc2c(c1)CCC1(CCN(CCN)C1)O2. The van der Waals surface area contributed by atoms with E-state index in [4.69, 9.17) is 15.2 Å². The van der Waals surface area contributed by atoms with Crippen LogP contribution < -0.4 is 15.2 Å². The van der Waals surface area contributed by atoms with Crippen LogP contribution in [0.5, 0.6) is 11.5 Å². The lowest BCUT2D eigenvalue weighted by Gasteiger charge is -2.36. The van der Waals surface area contributed by atoms with Gasteiger partial charge in [-0.05, 0) is 43.0 Å². The monoisotopic (exact) mass is 290 g/mol. The third-order valence-corrected chi connectivity index (χ3v) is 4.52. The van der Waals surface area contributed by atoms with Gasteiger partial charge in [-0.2, -0.15) is 0 Å². The Hall–Kier alpha value is -1.26. The number of rotatable bonds is 5. The Morgan fingerprint density at radius 3 is 3.10 bits per heavy atom. The van der Waals surface area contributed by atoms with Gasteiger partial charge in [0.1, 0.15) is 17.1 Å². The molecule has 2 aliphatic rings. The van der Waals surface area contributed by atoms with Crippen molar-refractivity contribution < 1.29 is 9.47 Å². The van der Waals surface area contributed by atoms with E-state index in [1.54, 1.807) is 0 Å². The van der Waals surface area contributed by atoms with E-state index in [2.05, 4.69) is 24.0 Å². The molecule has 3 rings (SSSR count). The first-order chi connectivity index (χ1) is 10.2. The summed E-state index contributed by atoms with van der Waals surface area (Å²) in [5.74, 6) is 2.01. The number of nitrogens with two attached hydrogens (primary N) is 1. The second-order valence-electron chi connectivity index (χ2n) is 6.22. The summed E-state index contributed by atoms with van der Waals surface area (Å²) in [7, 11) is 0. The topological polar surface area (TPSA) is 47.7 Å². The molecular formula is C17H26N2O2. The smallest absolute Gasteiger partial charge is 0.123 e. The average molecular weight is 290 g/mol. The maximum absolute atomic E-state index is 6.38. The fraction of sp³-hybridized carbons (Fsp3) is 0.647. The van der Waals surface area contributed by atoms with Crippen molar-refractivity contribution in [3.05, 3.63) is 23.8 Å². The van der Waals surface area contributed by atoms with Gasteiger partial charge in [-0.1, -0.05) is 6.92 Å². The second-order valence-corrected chi connectivity index (χ2v) is 6.22. The van der Waals surface area contributed by atoms with Crippen LogP contribution in [-0.4, -0.2) is 43.3 Å². The molecule has 1 aromatic rings. The van der Waals surface area contributed by atoms with Gasteiger partial charge in [0.15, 0.2) is 0 Å². The number of hydrogen-bond donors (Lipinski definition) is 1. The zero-order valence-corrected chi connectivity index (χ0v) is 12.9. The highest BCUT2D eigenvalue weighted by Gasteiger charge is 2.42. The molecular weight excluding hydrogens is 264 g/mol. The van der Waals surface area contributed by atoms with E-state index >= 15 is 0 Å². The zero-order chi connectivity index (χ0) is 14.7. The summed E-state index contributed by atoms with van der Waals surface area (Å²) in [6, 6.07) is 6.25. The predicted octanol–water partition coefficient (Wildman–Crippen LogP) is 2.20. The van der Waals surface area contributed by atoms with E-state index in [9.17, 15) is 0 Å². The number of aryl methyl sites for hydroxylation is 1. The highest BCUT2D eigenvalue weighted by Crippen LogP contribution is 2.39. The summed E-state index contributed by atoms with van der Waals surface area (Å²) >= 11 is 0. The van der Waals surface area contributed by atoms with Crippen molar-refractivity contribution >= 4 is 0 Å². The Morgan fingerprint density at radius 1 is 1.38 bits per heavy atom. The molecule has 21 heavy (non-hydrogen) atoms. The van der Waals surface area contributed by atoms with Crippen molar-refractivity contribution in [2.45, 2.75) is 38.2 Å². The van der Waals surface area contributed by atoms with Gasteiger partial charge in [-0.15, -0.1) is 0 Å². The molecule has 116 valence electrons. The van der Waals surface area contributed by atoms with E-state index in [1.807, 2.05) is 6.07 Å². The molecule has 1 saturated heterocycles. The van der Waals surface area contributed by atoms with Crippen LogP contribution in [0.2, 0.25) is 0 Å². The van der Waals surface area contributed by atoms with E-state index in [0.717, 1.165) is 70.0 Å². The minimum absolute atomic E-state index is 0.00790. The van der Waals surface area contributed by atoms with Crippen LogP contribution in [0.4, 0.5) is 0 Å². The fourth-order valence-electron chi connectivity index (χ4n) is 3.40. The van der Waals surface area contributed by atoms with Crippen molar-refractivity contribution in [2.24, 2.45) is 5.73 Å². The molecule has 1 atom stereocenters. The summed E-state index contributed by atoms with van der Waals surface area (Å²) in [5, 5.41) is 0. The van der Waals surface area contributed by atoms with Crippen molar-refractivity contribution in [1.29, 1.82) is 0 Å². The molecule has 2 N–H and O–H groups in total. The zero-order valence-electron chi connectivity index (χ0n) is 12.9. The lowest BCUT2D eigenvalue weighted by Crippen LogP contribution is -2.42. The van der Waals surface area contributed by atoms with Gasteiger partial charge < -0.3 is 15.2 Å². The van der Waals surface area contributed by atoms with Gasteiger partial charge in [-0.25, -0.2) is 0 Å². The largest absolute Gasteiger partial charge is 0.494 e. The van der Waals surface area contributed by atoms with E-state index < -0.39 is 0 Å². The number of likely N-dealkylation sites (tertiary alicyclic amines) is 1. The fourth-order valence-corrected chi connectivity index (χ4v) is 3.40. The van der Waals surface area contributed by atoms with E-state index in [0.29, 0.717) is 0 Å². The van der Waals surface area contributed by atoms with Gasteiger partial charge >= 0.3 is 0 Å². The lowest BCUT2D eigenvalue weighted by atomic mass is 9.90. The first-order valence-electron chi connectivity index (χ1n) is 8.12. The van der Waals surface area contributed by atoms with Crippen molar-refractivity contribution in [3.63, 3.8) is 0 Å². The lowest BCUT2D eigenvalue weighted by molar-refractivity contribution is 0.0547. The summed E-state index contributed by atoms with van der Waals surface area (Å²) in [4.78, 5) is 2.42. The van der Waals surface area contributed by atoms with Crippen molar-refractivity contribution in [2.75, 3.05) is 32.8 Å². The average Bonchev–Trinajstić information content (AvgIpc) is 2.88. The minimum Gasteiger partial charge on any atom is -0.494 e. The van der Waals surface area contributed by atoms with Crippen LogP contribution in [0.3, 0.4) is 0 Å².